The first-order valence-electron chi connectivity index (χ1n) is 5.69. The van der Waals surface area contributed by atoms with Gasteiger partial charge in [-0.2, -0.15) is 16.1 Å². The zero-order valence-corrected chi connectivity index (χ0v) is 11.6. The van der Waals surface area contributed by atoms with Crippen molar-refractivity contribution in [2.45, 2.75) is 13.5 Å². The van der Waals surface area contributed by atoms with Gasteiger partial charge in [-0.1, -0.05) is 29.8 Å². The summed E-state index contributed by atoms with van der Waals surface area (Å²) in [6.07, 6.45) is 0. The first-order chi connectivity index (χ1) is 8.08. The predicted octanol–water partition coefficient (Wildman–Crippen LogP) is 1.87. The van der Waals surface area contributed by atoms with Crippen LogP contribution < -0.4 is 0 Å². The van der Waals surface area contributed by atoms with Gasteiger partial charge < -0.3 is 0 Å². The molecule has 0 radical (unpaired) electrons. The third-order valence-electron chi connectivity index (χ3n) is 2.81. The van der Waals surface area contributed by atoms with E-state index in [0.29, 0.717) is 18.8 Å². The molecule has 17 heavy (non-hydrogen) atoms. The highest BCUT2D eigenvalue weighted by atomic mass is 32.2. The number of hydrogen-bond acceptors (Lipinski definition) is 3. The Morgan fingerprint density at radius 1 is 1.35 bits per heavy atom. The highest BCUT2D eigenvalue weighted by Gasteiger charge is 2.24. The molecule has 0 spiro atoms. The molecule has 0 N–H and O–H groups in total. The van der Waals surface area contributed by atoms with Gasteiger partial charge in [-0.25, -0.2) is 8.42 Å². The van der Waals surface area contributed by atoms with Crippen molar-refractivity contribution in [1.82, 2.24) is 4.31 Å². The van der Waals surface area contributed by atoms with Gasteiger partial charge >= 0.3 is 0 Å². The lowest BCUT2D eigenvalue weighted by Crippen LogP contribution is -2.33. The Labute approximate surface area is 107 Å². The summed E-state index contributed by atoms with van der Waals surface area (Å²) in [5.74, 6) is 1.88. The molecule has 1 aromatic carbocycles. The Hall–Kier alpha value is -0.520. The molecule has 0 saturated carbocycles. The van der Waals surface area contributed by atoms with Gasteiger partial charge in [0.2, 0.25) is 10.0 Å². The lowest BCUT2D eigenvalue weighted by molar-refractivity contribution is 0.429. The normalized spacial score (nSPS) is 21.0. The minimum atomic E-state index is -3.06. The molecule has 1 heterocycles. The second kappa shape index (κ2) is 5.42. The van der Waals surface area contributed by atoms with Gasteiger partial charge in [-0.3, -0.25) is 0 Å². The molecule has 0 amide bonds. The van der Waals surface area contributed by atoms with Crippen molar-refractivity contribution in [3.05, 3.63) is 35.4 Å². The average Bonchev–Trinajstić information content (AvgIpc) is 2.41. The molecule has 2 rings (SSSR count). The van der Waals surface area contributed by atoms with Crippen LogP contribution in [-0.2, 0) is 16.6 Å². The predicted molar refractivity (Wildman–Crippen MR) is 72.7 cm³/mol. The third-order valence-corrected chi connectivity index (χ3v) is 5.85. The molecule has 1 aliphatic rings. The van der Waals surface area contributed by atoms with Crippen molar-refractivity contribution in [3.63, 3.8) is 0 Å². The summed E-state index contributed by atoms with van der Waals surface area (Å²) in [6, 6.07) is 8.04. The zero-order valence-electron chi connectivity index (χ0n) is 9.93. The van der Waals surface area contributed by atoms with Crippen molar-refractivity contribution in [1.29, 1.82) is 0 Å². The Kier molecular flexibility index (Phi) is 4.12. The first kappa shape index (κ1) is 12.9. The summed E-state index contributed by atoms with van der Waals surface area (Å²) in [7, 11) is -3.06. The smallest absolute Gasteiger partial charge is 0.212 e. The monoisotopic (exact) mass is 271 g/mol. The van der Waals surface area contributed by atoms with Crippen molar-refractivity contribution in [3.8, 4) is 0 Å². The highest BCUT2D eigenvalue weighted by Crippen LogP contribution is 2.17. The maximum absolute atomic E-state index is 12.0. The molecule has 0 aromatic heterocycles. The fourth-order valence-electron chi connectivity index (χ4n) is 1.89. The number of hydrogen-bond donors (Lipinski definition) is 0. The van der Waals surface area contributed by atoms with Crippen molar-refractivity contribution >= 4 is 21.8 Å². The Bertz CT molecular complexity index is 485. The van der Waals surface area contributed by atoms with Crippen molar-refractivity contribution in [2.75, 3.05) is 23.8 Å². The summed E-state index contributed by atoms with van der Waals surface area (Å²) in [6.45, 7) is 3.15. The van der Waals surface area contributed by atoms with Crippen LogP contribution in [0.25, 0.3) is 0 Å². The minimum absolute atomic E-state index is 0.267. The summed E-state index contributed by atoms with van der Waals surface area (Å²) in [5, 5.41) is 0. The van der Waals surface area contributed by atoms with E-state index in [9.17, 15) is 8.42 Å². The van der Waals surface area contributed by atoms with Crippen LogP contribution in [0.2, 0.25) is 0 Å². The number of benzene rings is 1. The molecule has 0 bridgehead atoms. The highest BCUT2D eigenvalue weighted by molar-refractivity contribution is 8.00. The van der Waals surface area contributed by atoms with Crippen LogP contribution in [0.15, 0.2) is 24.3 Å². The number of rotatable bonds is 2. The van der Waals surface area contributed by atoms with Crippen LogP contribution in [0.5, 0.6) is 0 Å². The first-order valence-corrected chi connectivity index (χ1v) is 8.45. The standard InChI is InChI=1S/C12H17NO2S2/c1-11-3-2-4-12(9-11)10-13-5-6-16-7-8-17(13,14)15/h2-4,9H,5-8,10H2,1H3. The van der Waals surface area contributed by atoms with E-state index in [1.165, 1.54) is 5.56 Å². The second-order valence-corrected chi connectivity index (χ2v) is 7.56. The molecule has 1 fully saturated rings. The molecule has 1 aliphatic heterocycles. The van der Waals surface area contributed by atoms with Gasteiger partial charge in [0.25, 0.3) is 0 Å². The largest absolute Gasteiger partial charge is 0.215 e. The van der Waals surface area contributed by atoms with E-state index in [-0.39, 0.29) is 5.75 Å². The third kappa shape index (κ3) is 3.47. The van der Waals surface area contributed by atoms with E-state index in [2.05, 4.69) is 0 Å². The quantitative estimate of drug-likeness (QED) is 0.824. The van der Waals surface area contributed by atoms with Crippen LogP contribution in [0, 0.1) is 6.92 Å². The van der Waals surface area contributed by atoms with Gasteiger partial charge in [0.15, 0.2) is 0 Å². The fourth-order valence-corrected chi connectivity index (χ4v) is 4.85. The van der Waals surface area contributed by atoms with Crippen molar-refractivity contribution in [2.24, 2.45) is 0 Å². The Balaban J connectivity index is 2.16. The fraction of sp³-hybridized carbons (Fsp3) is 0.500. The minimum Gasteiger partial charge on any atom is -0.212 e. The van der Waals surface area contributed by atoms with Gasteiger partial charge in [0.05, 0.1) is 5.75 Å². The zero-order chi connectivity index (χ0) is 12.3. The number of nitrogens with zero attached hydrogens (tertiary/aromatic N) is 1. The van der Waals surface area contributed by atoms with Crippen LogP contribution in [0.3, 0.4) is 0 Å². The maximum Gasteiger partial charge on any atom is 0.215 e. The van der Waals surface area contributed by atoms with E-state index in [1.54, 1.807) is 16.1 Å². The maximum atomic E-state index is 12.0. The van der Waals surface area contributed by atoms with Gasteiger partial charge in [0, 0.05) is 24.6 Å². The molecule has 3 nitrogen and oxygen atoms in total. The van der Waals surface area contributed by atoms with E-state index in [0.717, 1.165) is 11.3 Å². The Morgan fingerprint density at radius 2 is 2.18 bits per heavy atom. The molecule has 94 valence electrons. The summed E-state index contributed by atoms with van der Waals surface area (Å²) >= 11 is 1.71. The number of sulfonamides is 1. The molecular formula is C12H17NO2S2. The van der Waals surface area contributed by atoms with Gasteiger partial charge in [-0.05, 0) is 12.5 Å². The van der Waals surface area contributed by atoms with Gasteiger partial charge in [-0.15, -0.1) is 0 Å². The lowest BCUT2D eigenvalue weighted by atomic mass is 10.1. The number of thioether (sulfide) groups is 1. The molecule has 0 atom stereocenters. The van der Waals surface area contributed by atoms with Crippen LogP contribution >= 0.6 is 11.8 Å². The Morgan fingerprint density at radius 3 is 2.94 bits per heavy atom. The summed E-state index contributed by atoms with van der Waals surface area (Å²) in [4.78, 5) is 0. The van der Waals surface area contributed by atoms with E-state index < -0.39 is 10.0 Å². The summed E-state index contributed by atoms with van der Waals surface area (Å²) < 4.78 is 25.6. The molecular weight excluding hydrogens is 254 g/mol. The van der Waals surface area contributed by atoms with Crippen LogP contribution in [-0.4, -0.2) is 36.5 Å². The number of aryl methyl sites for hydroxylation is 1. The molecule has 1 saturated heterocycles. The molecule has 5 heteroatoms. The summed E-state index contributed by atoms with van der Waals surface area (Å²) in [5.41, 5.74) is 2.24. The molecule has 1 aromatic rings. The second-order valence-electron chi connectivity index (χ2n) is 4.25. The molecule has 0 aliphatic carbocycles. The van der Waals surface area contributed by atoms with E-state index in [1.807, 2.05) is 31.2 Å². The average molecular weight is 271 g/mol. The van der Waals surface area contributed by atoms with Gasteiger partial charge in [0.1, 0.15) is 0 Å². The van der Waals surface area contributed by atoms with Crippen LogP contribution in [0.4, 0.5) is 0 Å². The molecule has 0 unspecified atom stereocenters. The van der Waals surface area contributed by atoms with E-state index in [4.69, 9.17) is 0 Å². The van der Waals surface area contributed by atoms with Crippen molar-refractivity contribution < 1.29 is 8.42 Å². The topological polar surface area (TPSA) is 37.4 Å². The van der Waals surface area contributed by atoms with Crippen LogP contribution in [0.1, 0.15) is 11.1 Å². The van der Waals surface area contributed by atoms with E-state index >= 15 is 0 Å². The lowest BCUT2D eigenvalue weighted by Gasteiger charge is -2.19. The SMILES string of the molecule is Cc1cccc(CN2CCSCCS2(=O)=O)c1.